The second kappa shape index (κ2) is 49.6. The van der Waals surface area contributed by atoms with Gasteiger partial charge >= 0.3 is 12.1 Å². The van der Waals surface area contributed by atoms with Crippen LogP contribution in [-0.4, -0.2) is 142 Å². The van der Waals surface area contributed by atoms with E-state index in [1.807, 2.05) is 54.6 Å². The van der Waals surface area contributed by atoms with Gasteiger partial charge in [0, 0.05) is 88.0 Å². The summed E-state index contributed by atoms with van der Waals surface area (Å²) in [6.07, 6.45) is 10.9. The van der Waals surface area contributed by atoms with Crippen LogP contribution in [0.5, 0.6) is 5.75 Å². The Morgan fingerprint density at radius 3 is 2.05 bits per heavy atom. The molecule has 23 nitrogen and oxygen atoms in total. The number of aryl methyl sites for hydroxylation is 1. The van der Waals surface area contributed by atoms with E-state index in [9.17, 15) is 33.6 Å². The van der Waals surface area contributed by atoms with E-state index in [-0.39, 0.29) is 80.0 Å². The fourth-order valence-electron chi connectivity index (χ4n) is 9.43. The number of amides is 3. The molecule has 0 bridgehead atoms. The van der Waals surface area contributed by atoms with Crippen molar-refractivity contribution in [2.45, 2.75) is 158 Å². The Bertz CT molecular complexity index is 3050. The molecule has 4 aliphatic rings. The first-order valence-corrected chi connectivity index (χ1v) is 30.9. The number of anilines is 1. The summed E-state index contributed by atoms with van der Waals surface area (Å²) < 4.78 is 27.7. The molecule has 1 saturated heterocycles. The Morgan fingerprint density at radius 2 is 1.55 bits per heavy atom. The van der Waals surface area contributed by atoms with Gasteiger partial charge in [0.25, 0.3) is 11.5 Å². The van der Waals surface area contributed by atoms with Gasteiger partial charge in [-0.1, -0.05) is 73.9 Å². The third-order valence-corrected chi connectivity index (χ3v) is 13.5. The molecule has 0 spiro atoms. The second-order valence-corrected chi connectivity index (χ2v) is 20.9. The van der Waals surface area contributed by atoms with E-state index in [2.05, 4.69) is 64.7 Å². The molecular formula is C67H103FN11O12U-. The number of rotatable bonds is 15. The number of alkyl carbamates (subject to hydrolysis) is 1. The third-order valence-electron chi connectivity index (χ3n) is 13.5. The molecule has 6 heterocycles. The number of aromatic nitrogens is 3. The topological polar surface area (TPSA) is 319 Å². The van der Waals surface area contributed by atoms with Crippen LogP contribution >= 0.6 is 0 Å². The van der Waals surface area contributed by atoms with Gasteiger partial charge < -0.3 is 81.1 Å². The number of aliphatic hydroxyl groups excluding tert-OH is 1. The number of ether oxygens (including phenoxy) is 2. The van der Waals surface area contributed by atoms with Crippen LogP contribution in [0.25, 0.3) is 27.8 Å². The van der Waals surface area contributed by atoms with Crippen molar-refractivity contribution < 1.29 is 88.5 Å². The number of hydrogen-bond donors (Lipinski definition) is 7. The van der Waals surface area contributed by atoms with Gasteiger partial charge in [0.05, 0.1) is 65.0 Å². The molecule has 92 heavy (non-hydrogen) atoms. The Balaban J connectivity index is 0. The molecule has 25 heteroatoms. The van der Waals surface area contributed by atoms with E-state index in [0.29, 0.717) is 82.8 Å². The first kappa shape index (κ1) is 87.1. The largest absolute Gasteiger partial charge is 0.587 e. The number of benzene rings is 2. The Kier molecular flexibility index (Phi) is 47.0. The quantitative estimate of drug-likeness (QED) is 0.0286. The summed E-state index contributed by atoms with van der Waals surface area (Å²) in [6.45, 7) is 24.9. The first-order chi connectivity index (χ1) is 43.8. The van der Waals surface area contributed by atoms with Crippen LogP contribution < -0.4 is 42.7 Å². The van der Waals surface area contributed by atoms with Gasteiger partial charge in [-0.15, -0.1) is 7.05 Å². The standard InChI is InChI=1S/C33H30FN4O6.C14H20N4O2.C4H11N.C4H10.C3H7NO.C3H6O.C2H7N.C2H6.CH4O.CH2O.U/c1-4-19-21-11-27-30-22(13-38(27)31(39)23(21)15-42-32(19)40)29-25(10-9-20-16(2)24(34)12-26(36-30)28(20)29)37-33(41)43-14-17-5-7-18(8-6-17)44-35-3;1-10(14(20)18-7-3-4-8-18)17-13(19)11-5-6-16-9-12(11)15-2;1-2-3-4-5;1-4(2)3;1-4-2-3-5;1-2-3-4;1-3-2;3*1-2;/h5-8,11-12,19,25H,4,9-10,13-15H2,1-3H3,(H,37,41);5-6,9-10,15H,3-4,7-8H2,1-2H3,(H,17,19);2-5H2,1H3;4H,1-3H3;3-4H,2H2,1H3;3H,2H2,1H3;3H,1-2H3;1-2H3;2H,1H3;1H2;/q-1;;;;;;;;;;. The Labute approximate surface area is 567 Å². The van der Waals surface area contributed by atoms with E-state index in [1.54, 1.807) is 80.1 Å². The average Bonchev–Trinajstić information content (AvgIpc) is 1.47. The van der Waals surface area contributed by atoms with Crippen molar-refractivity contribution in [3.05, 3.63) is 121 Å². The SMILES string of the molecule is C=O.CC.CC(C)C.CCC1C(=O)OCc2c1cc1n(c2=O)Cc2c-1nc1cc(F)c(C)c3c1c2C(NC(=O)OCc1ccc(O[N-]C)cc1)CC3.CCC=O.CCCCN.CNC.CNCC=O.CNc1cnccc1C(=O)NC(C)C(=O)N1CCCC1.CO.[U]. The maximum absolute atomic E-state index is 15.1. The zero-order valence-corrected chi connectivity index (χ0v) is 61.3. The number of esters is 1. The monoisotopic (exact) mass is 1510 g/mol. The molecule has 3 amide bonds. The minimum atomic E-state index is -0.593. The number of carbonyl (C=O) groups is 7. The van der Waals surface area contributed by atoms with Crippen LogP contribution in [0.3, 0.4) is 0 Å². The summed E-state index contributed by atoms with van der Waals surface area (Å²) in [5, 5.41) is 21.9. The number of cyclic esters (lactones) is 1. The molecule has 3 aliphatic heterocycles. The van der Waals surface area contributed by atoms with Crippen LogP contribution in [0.4, 0.5) is 14.9 Å². The minimum Gasteiger partial charge on any atom is -0.587 e. The predicted octanol–water partition coefficient (Wildman–Crippen LogP) is 9.19. The first-order valence-electron chi connectivity index (χ1n) is 30.9. The molecular weight excluding hydrogens is 1410 g/mol. The molecule has 5 aromatic rings. The predicted molar refractivity (Wildman–Crippen MR) is 358 cm³/mol. The number of halogens is 1. The van der Waals surface area contributed by atoms with Crippen molar-refractivity contribution in [2.75, 3.05) is 73.8 Å². The van der Waals surface area contributed by atoms with Crippen molar-refractivity contribution in [3.63, 3.8) is 0 Å². The molecule has 2 aromatic carbocycles. The number of aldehydes is 2. The van der Waals surface area contributed by atoms with Gasteiger partial charge in [-0.05, 0) is 138 Å². The summed E-state index contributed by atoms with van der Waals surface area (Å²) in [6, 6.07) is 11.0. The Hall–Kier alpha value is -6.98. The zero-order valence-electron chi connectivity index (χ0n) is 57.1. The number of carbonyl (C=O) groups excluding carboxylic acids is 7. The molecule has 3 atom stereocenters. The molecule has 9 rings (SSSR count). The average molecular weight is 1510 g/mol. The van der Waals surface area contributed by atoms with Gasteiger partial charge in [0.2, 0.25) is 5.91 Å². The van der Waals surface area contributed by atoms with Gasteiger partial charge in [0.15, 0.2) is 0 Å². The van der Waals surface area contributed by atoms with Gasteiger partial charge in [-0.2, -0.15) is 0 Å². The third kappa shape index (κ3) is 26.9. The van der Waals surface area contributed by atoms with Gasteiger partial charge in [-0.3, -0.25) is 24.2 Å². The number of aliphatic hydroxyl groups is 1. The molecule has 8 N–H and O–H groups in total. The van der Waals surface area contributed by atoms with Crippen molar-refractivity contribution in [2.24, 2.45) is 11.7 Å². The van der Waals surface area contributed by atoms with Crippen molar-refractivity contribution in [3.8, 4) is 17.1 Å². The van der Waals surface area contributed by atoms with Crippen LogP contribution in [0.2, 0.25) is 0 Å². The Morgan fingerprint density at radius 1 is 0.946 bits per heavy atom. The number of fused-ring (bicyclic) bond motifs is 5. The number of likely N-dealkylation sites (N-methyl/N-ethyl adjacent to an activating group) is 1. The van der Waals surface area contributed by atoms with Gasteiger partial charge in [0.1, 0.15) is 50.2 Å². The van der Waals surface area contributed by atoms with Crippen molar-refractivity contribution in [1.29, 1.82) is 0 Å². The van der Waals surface area contributed by atoms with E-state index >= 15 is 4.39 Å². The van der Waals surface area contributed by atoms with Gasteiger partial charge in [-0.25, -0.2) is 14.2 Å². The maximum Gasteiger partial charge on any atom is 0.407 e. The number of nitrogens with one attached hydrogen (secondary N) is 5. The molecule has 1 aliphatic carbocycles. The number of nitrogens with two attached hydrogens (primary N) is 1. The van der Waals surface area contributed by atoms with E-state index in [4.69, 9.17) is 34.9 Å². The number of pyridine rings is 3. The van der Waals surface area contributed by atoms with Crippen molar-refractivity contribution >= 4 is 59.8 Å². The summed E-state index contributed by atoms with van der Waals surface area (Å²) in [5.41, 5.74) is 16.2. The van der Waals surface area contributed by atoms with Crippen LogP contribution in [-0.2, 0) is 59.6 Å². The number of unbranched alkanes of at least 4 members (excludes halogenated alkanes) is 1. The fourth-order valence-corrected chi connectivity index (χ4v) is 9.43. The number of likely N-dealkylation sites (tertiary alicyclic amines) is 1. The molecule has 3 aromatic heterocycles. The normalized spacial score (nSPS) is 13.9. The van der Waals surface area contributed by atoms with Crippen LogP contribution in [0.15, 0.2) is 59.7 Å². The fraction of sp³-hybridized carbons (Fsp3) is 0.522. The van der Waals surface area contributed by atoms with E-state index in [1.165, 1.54) is 26.0 Å². The maximum atomic E-state index is 15.1. The minimum absolute atomic E-state index is 0. The summed E-state index contributed by atoms with van der Waals surface area (Å²) in [4.78, 5) is 106. The summed E-state index contributed by atoms with van der Waals surface area (Å²) >= 11 is 0. The zero-order chi connectivity index (χ0) is 69.2. The van der Waals surface area contributed by atoms with E-state index < -0.39 is 24.1 Å². The molecule has 3 unspecified atom stereocenters. The number of nitrogens with zero attached hydrogens (tertiary/aromatic N) is 5. The molecule has 0 saturated carbocycles. The van der Waals surface area contributed by atoms with Crippen LogP contribution in [0, 0.1) is 49.8 Å². The van der Waals surface area contributed by atoms with Crippen LogP contribution in [0.1, 0.15) is 169 Å². The van der Waals surface area contributed by atoms with Crippen molar-refractivity contribution in [1.82, 2.24) is 40.7 Å². The number of hydroxylamine groups is 1. The molecule has 0 radical (unpaired) electrons. The smallest absolute Gasteiger partial charge is 0.407 e. The molecule has 1 fully saturated rings. The number of hydrogen-bond acceptors (Lipinski definition) is 18. The summed E-state index contributed by atoms with van der Waals surface area (Å²) in [5.74, 6) is -0.117. The molecule has 510 valence electrons. The van der Waals surface area contributed by atoms with E-state index in [0.717, 1.165) is 85.7 Å². The second-order valence-electron chi connectivity index (χ2n) is 20.9. The summed E-state index contributed by atoms with van der Waals surface area (Å²) in [7, 11) is 9.75.